The van der Waals surface area contributed by atoms with Crippen LogP contribution in [-0.2, 0) is 13.0 Å². The predicted octanol–water partition coefficient (Wildman–Crippen LogP) is 4.54. The fraction of sp³-hybridized carbons (Fsp3) is 0.412. The minimum Gasteiger partial charge on any atom is -0.398 e. The zero-order valence-corrected chi connectivity index (χ0v) is 13.7. The van der Waals surface area contributed by atoms with Crippen LogP contribution in [0, 0.1) is 13.8 Å². The highest BCUT2D eigenvalue weighted by Crippen LogP contribution is 2.30. The van der Waals surface area contributed by atoms with Gasteiger partial charge in [-0.25, -0.2) is 0 Å². The first-order valence-electron chi connectivity index (χ1n) is 7.32. The lowest BCUT2D eigenvalue weighted by atomic mass is 10.0. The van der Waals surface area contributed by atoms with Crippen molar-refractivity contribution in [2.24, 2.45) is 0 Å². The molecule has 3 rings (SSSR count). The van der Waals surface area contributed by atoms with E-state index in [4.69, 9.17) is 5.73 Å². The van der Waals surface area contributed by atoms with Crippen molar-refractivity contribution in [1.82, 2.24) is 0 Å². The molecule has 1 aromatic heterocycles. The van der Waals surface area contributed by atoms with Crippen molar-refractivity contribution in [3.05, 3.63) is 45.1 Å². The number of hydrogen-bond donors (Lipinski definition) is 1. The summed E-state index contributed by atoms with van der Waals surface area (Å²) in [5.74, 6) is 0. The lowest BCUT2D eigenvalue weighted by Gasteiger charge is -2.30. The topological polar surface area (TPSA) is 29.3 Å². The summed E-state index contributed by atoms with van der Waals surface area (Å²) in [5.41, 5.74) is 12.1. The first-order valence-corrected chi connectivity index (χ1v) is 8.20. The minimum atomic E-state index is 0.923. The molecule has 2 nitrogen and oxygen atoms in total. The third-order valence-corrected chi connectivity index (χ3v) is 4.77. The molecule has 0 fully saturated rings. The largest absolute Gasteiger partial charge is 0.398 e. The molecule has 1 aliphatic heterocycles. The van der Waals surface area contributed by atoms with Gasteiger partial charge in [0.05, 0.1) is 0 Å². The average Bonchev–Trinajstić information content (AvgIpc) is 2.93. The zero-order chi connectivity index (χ0) is 14.7. The van der Waals surface area contributed by atoms with Crippen molar-refractivity contribution in [3.63, 3.8) is 0 Å². The van der Waals surface area contributed by atoms with E-state index in [2.05, 4.69) is 42.3 Å². The van der Waals surface area contributed by atoms with Crippen LogP contribution in [0.1, 0.15) is 35.4 Å². The van der Waals surface area contributed by atoms with E-state index in [1.807, 2.05) is 25.2 Å². The summed E-state index contributed by atoms with van der Waals surface area (Å²) in [6, 6.07) is 6.67. The molecule has 2 heterocycles. The van der Waals surface area contributed by atoms with E-state index in [1.165, 1.54) is 22.4 Å². The third kappa shape index (κ3) is 2.83. The number of nitrogens with zero attached hydrogens (tertiary/aromatic N) is 1. The van der Waals surface area contributed by atoms with E-state index in [1.54, 1.807) is 4.88 Å². The summed E-state index contributed by atoms with van der Waals surface area (Å²) in [5, 5.41) is 2.20. The van der Waals surface area contributed by atoms with Crippen LogP contribution in [0.15, 0.2) is 23.6 Å². The summed E-state index contributed by atoms with van der Waals surface area (Å²) in [7, 11) is 0. The number of thiophene rings is 1. The van der Waals surface area contributed by atoms with Crippen LogP contribution in [-0.4, -0.2) is 6.54 Å². The molecule has 20 heavy (non-hydrogen) atoms. The summed E-state index contributed by atoms with van der Waals surface area (Å²) >= 11 is 1.88. The van der Waals surface area contributed by atoms with E-state index >= 15 is 0 Å². The quantitative estimate of drug-likeness (QED) is 0.781. The molecular formula is C17H24N2S. The molecule has 1 aromatic carbocycles. The molecule has 0 saturated heterocycles. The molecule has 0 spiro atoms. The van der Waals surface area contributed by atoms with Crippen LogP contribution < -0.4 is 10.6 Å². The number of aryl methyl sites for hydroxylation is 2. The molecule has 0 atom stereocenters. The molecule has 2 N–H and O–H groups in total. The molecule has 0 radical (unpaired) electrons. The summed E-state index contributed by atoms with van der Waals surface area (Å²) < 4.78 is 0. The van der Waals surface area contributed by atoms with Gasteiger partial charge in [-0.2, -0.15) is 0 Å². The number of anilines is 2. The maximum absolute atomic E-state index is 6.02. The molecule has 2 aromatic rings. The monoisotopic (exact) mass is 288 g/mol. The number of benzene rings is 1. The van der Waals surface area contributed by atoms with Gasteiger partial charge >= 0.3 is 0 Å². The molecule has 0 bridgehead atoms. The number of nitrogen functional groups attached to an aromatic ring is 1. The predicted molar refractivity (Wildman–Crippen MR) is 90.7 cm³/mol. The standard InChI is InChI=1S/C15H18N2S.C2H6/c1-10-7-13(8-11(2)15(10)16)17-5-3-14-12(9-17)4-6-18-14;1-2/h4,6-8H,3,5,9,16H2,1-2H3;1-2H3. The number of rotatable bonds is 1. The highest BCUT2D eigenvalue weighted by molar-refractivity contribution is 7.10. The van der Waals surface area contributed by atoms with Gasteiger partial charge < -0.3 is 10.6 Å². The molecule has 3 heteroatoms. The second-order valence-corrected chi connectivity index (χ2v) is 6.03. The maximum Gasteiger partial charge on any atom is 0.0440 e. The van der Waals surface area contributed by atoms with Gasteiger partial charge in [-0.05, 0) is 60.5 Å². The molecule has 1 aliphatic rings. The fourth-order valence-electron chi connectivity index (χ4n) is 2.60. The van der Waals surface area contributed by atoms with Crippen LogP contribution in [0.2, 0.25) is 0 Å². The highest BCUT2D eigenvalue weighted by Gasteiger charge is 2.18. The first kappa shape index (κ1) is 14.9. The Balaban J connectivity index is 0.000000704. The van der Waals surface area contributed by atoms with E-state index in [0.29, 0.717) is 0 Å². The van der Waals surface area contributed by atoms with Crippen molar-refractivity contribution in [1.29, 1.82) is 0 Å². The number of hydrogen-bond acceptors (Lipinski definition) is 3. The Morgan fingerprint density at radius 3 is 2.45 bits per heavy atom. The lowest BCUT2D eigenvalue weighted by molar-refractivity contribution is 0.743. The van der Waals surface area contributed by atoms with E-state index in [9.17, 15) is 0 Å². The number of nitrogens with two attached hydrogens (primary N) is 1. The van der Waals surface area contributed by atoms with Gasteiger partial charge in [0.1, 0.15) is 0 Å². The Morgan fingerprint density at radius 2 is 1.80 bits per heavy atom. The van der Waals surface area contributed by atoms with Gasteiger partial charge in [0, 0.05) is 29.3 Å². The summed E-state index contributed by atoms with van der Waals surface area (Å²) in [6.07, 6.45) is 1.16. The van der Waals surface area contributed by atoms with Crippen LogP contribution in [0.25, 0.3) is 0 Å². The van der Waals surface area contributed by atoms with E-state index in [0.717, 1.165) is 25.2 Å². The molecule has 108 valence electrons. The Labute approximate surface area is 126 Å². The molecular weight excluding hydrogens is 264 g/mol. The van der Waals surface area contributed by atoms with Gasteiger partial charge in [-0.15, -0.1) is 11.3 Å². The van der Waals surface area contributed by atoms with Gasteiger partial charge in [0.15, 0.2) is 0 Å². The van der Waals surface area contributed by atoms with Crippen molar-refractivity contribution in [2.75, 3.05) is 17.2 Å². The smallest absolute Gasteiger partial charge is 0.0440 e. The normalized spacial score (nSPS) is 13.5. The van der Waals surface area contributed by atoms with Gasteiger partial charge in [-0.1, -0.05) is 13.8 Å². The summed E-state index contributed by atoms with van der Waals surface area (Å²) in [4.78, 5) is 4.00. The first-order chi connectivity index (χ1) is 9.65. The van der Waals surface area contributed by atoms with Crippen LogP contribution in [0.4, 0.5) is 11.4 Å². The van der Waals surface area contributed by atoms with Gasteiger partial charge in [0.2, 0.25) is 0 Å². The highest BCUT2D eigenvalue weighted by atomic mass is 32.1. The van der Waals surface area contributed by atoms with E-state index in [-0.39, 0.29) is 0 Å². The fourth-order valence-corrected chi connectivity index (χ4v) is 3.49. The maximum atomic E-state index is 6.02. The Morgan fingerprint density at radius 1 is 1.15 bits per heavy atom. The Kier molecular flexibility index (Phi) is 4.71. The van der Waals surface area contributed by atoms with Crippen molar-refractivity contribution in [2.45, 2.75) is 40.7 Å². The average molecular weight is 288 g/mol. The SMILES string of the molecule is CC.Cc1cc(N2CCc3sccc3C2)cc(C)c1N. The lowest BCUT2D eigenvalue weighted by Crippen LogP contribution is -2.29. The van der Waals surface area contributed by atoms with Crippen molar-refractivity contribution in [3.8, 4) is 0 Å². The number of fused-ring (bicyclic) bond motifs is 1. The van der Waals surface area contributed by atoms with E-state index < -0.39 is 0 Å². The molecule has 0 unspecified atom stereocenters. The zero-order valence-electron chi connectivity index (χ0n) is 12.9. The molecule has 0 aliphatic carbocycles. The molecule has 0 saturated carbocycles. The van der Waals surface area contributed by atoms with Crippen LogP contribution in [0.5, 0.6) is 0 Å². The second kappa shape index (κ2) is 6.31. The van der Waals surface area contributed by atoms with Crippen molar-refractivity contribution < 1.29 is 0 Å². The van der Waals surface area contributed by atoms with Crippen LogP contribution in [0.3, 0.4) is 0 Å². The Bertz CT molecular complexity index is 563. The van der Waals surface area contributed by atoms with Crippen molar-refractivity contribution >= 4 is 22.7 Å². The minimum absolute atomic E-state index is 0.923. The summed E-state index contributed by atoms with van der Waals surface area (Å²) in [6.45, 7) is 10.3. The Hall–Kier alpha value is -1.48. The third-order valence-electron chi connectivity index (χ3n) is 3.75. The van der Waals surface area contributed by atoms with Gasteiger partial charge in [-0.3, -0.25) is 0 Å². The van der Waals surface area contributed by atoms with Gasteiger partial charge in [0.25, 0.3) is 0 Å². The van der Waals surface area contributed by atoms with Crippen LogP contribution >= 0.6 is 11.3 Å². The molecule has 0 amide bonds. The second-order valence-electron chi connectivity index (χ2n) is 5.03.